The first-order chi connectivity index (χ1) is 6.43. The third-order valence-corrected chi connectivity index (χ3v) is 2.84. The lowest BCUT2D eigenvalue weighted by molar-refractivity contribution is 0.107. The summed E-state index contributed by atoms with van der Waals surface area (Å²) in [5.74, 6) is 0. The molecule has 0 aliphatic rings. The molecule has 0 N–H and O–H groups in total. The molecule has 0 aliphatic heterocycles. The number of halogens is 5. The number of pyridine rings is 1. The first-order valence-electron chi connectivity index (χ1n) is 3.27. The Bertz CT molecular complexity index is 363. The van der Waals surface area contributed by atoms with E-state index in [1.54, 1.807) is 0 Å². The molecule has 0 saturated carbocycles. The molecule has 0 atom stereocenters. The van der Waals surface area contributed by atoms with Gasteiger partial charge in [-0.1, -0.05) is 15.9 Å². The Kier molecular flexibility index (Phi) is 3.97. The molecule has 1 rings (SSSR count). The fraction of sp³-hybridized carbons (Fsp3) is 0.143. The predicted molar refractivity (Wildman–Crippen MR) is 54.8 cm³/mol. The van der Waals surface area contributed by atoms with Gasteiger partial charge in [-0.05, 0) is 33.6 Å². The minimum Gasteiger partial charge on any atom is -0.274 e. The second-order valence-electron chi connectivity index (χ2n) is 2.27. The molecule has 0 radical (unpaired) electrons. The van der Waals surface area contributed by atoms with E-state index in [2.05, 4.69) is 36.8 Å². The van der Waals surface area contributed by atoms with Gasteiger partial charge >= 0.3 is 0 Å². The van der Waals surface area contributed by atoms with Gasteiger partial charge in [0.05, 0.1) is 5.56 Å². The minimum absolute atomic E-state index is 0.0881. The first-order valence-corrected chi connectivity index (χ1v) is 5.23. The summed E-state index contributed by atoms with van der Waals surface area (Å²) in [6, 6.07) is 1.15. The Morgan fingerprint density at radius 3 is 2.43 bits per heavy atom. The monoisotopic (exact) mass is 347 g/mol. The van der Waals surface area contributed by atoms with Crippen LogP contribution < -0.4 is 0 Å². The Labute approximate surface area is 99.9 Å². The van der Waals surface area contributed by atoms with Gasteiger partial charge < -0.3 is 0 Å². The van der Waals surface area contributed by atoms with Gasteiger partial charge in [0.15, 0.2) is 0 Å². The van der Waals surface area contributed by atoms with Crippen LogP contribution in [0.5, 0.6) is 0 Å². The highest BCUT2D eigenvalue weighted by atomic mass is 79.9. The molecule has 76 valence electrons. The lowest BCUT2D eigenvalue weighted by Crippen LogP contribution is -1.99. The topological polar surface area (TPSA) is 30.0 Å². The Hall–Kier alpha value is -0.0700. The van der Waals surface area contributed by atoms with Gasteiger partial charge in [0.2, 0.25) is 0 Å². The molecule has 1 aromatic rings. The van der Waals surface area contributed by atoms with Crippen LogP contribution >= 0.6 is 43.5 Å². The number of carbonyl (C=O) groups is 1. The fourth-order valence-electron chi connectivity index (χ4n) is 0.790. The number of rotatable bonds is 2. The first kappa shape index (κ1) is 12.0. The maximum atomic E-state index is 12.4. The van der Waals surface area contributed by atoms with E-state index in [4.69, 9.17) is 11.6 Å². The molecule has 0 spiro atoms. The average Bonchev–Trinajstić information content (AvgIpc) is 2.01. The van der Waals surface area contributed by atoms with Crippen molar-refractivity contribution < 1.29 is 13.6 Å². The number of nitrogens with zero attached hydrogens (tertiary/aromatic N) is 1. The average molecular weight is 349 g/mol. The molecule has 0 fully saturated rings. The van der Waals surface area contributed by atoms with E-state index < -0.39 is 11.7 Å². The Morgan fingerprint density at radius 2 is 2.07 bits per heavy atom. The number of hydrogen-bond acceptors (Lipinski definition) is 2. The summed E-state index contributed by atoms with van der Waals surface area (Å²) in [5, 5.41) is -0.799. The molecule has 0 unspecified atom stereocenters. The van der Waals surface area contributed by atoms with Gasteiger partial charge in [-0.3, -0.25) is 4.79 Å². The van der Waals surface area contributed by atoms with E-state index in [0.717, 1.165) is 6.07 Å². The molecule has 14 heavy (non-hydrogen) atoms. The lowest BCUT2D eigenvalue weighted by Gasteiger charge is -2.06. The van der Waals surface area contributed by atoms with Crippen molar-refractivity contribution in [3.05, 3.63) is 26.4 Å². The maximum absolute atomic E-state index is 12.4. The van der Waals surface area contributed by atoms with Crippen LogP contribution in [0, 0.1) is 0 Å². The summed E-state index contributed by atoms with van der Waals surface area (Å²) in [4.78, 5) is 14.3. The van der Waals surface area contributed by atoms with E-state index in [1.807, 2.05) is 0 Å². The molecule has 7 heteroatoms. The number of hydrogen-bond donors (Lipinski definition) is 0. The highest BCUT2D eigenvalue weighted by molar-refractivity contribution is 9.11. The molecule has 1 aromatic heterocycles. The molecule has 2 nitrogen and oxygen atoms in total. The van der Waals surface area contributed by atoms with Crippen molar-refractivity contribution >= 4 is 48.7 Å². The summed E-state index contributed by atoms with van der Waals surface area (Å²) in [7, 11) is 0. The van der Waals surface area contributed by atoms with Gasteiger partial charge in [0.1, 0.15) is 10.3 Å². The van der Waals surface area contributed by atoms with Crippen molar-refractivity contribution in [2.45, 2.75) is 6.43 Å². The van der Waals surface area contributed by atoms with Crippen molar-refractivity contribution in [3.63, 3.8) is 0 Å². The molecule has 0 saturated heterocycles. The molecule has 0 amide bonds. The zero-order valence-corrected chi connectivity index (χ0v) is 10.3. The highest BCUT2D eigenvalue weighted by Crippen LogP contribution is 2.33. The van der Waals surface area contributed by atoms with Crippen molar-refractivity contribution in [1.29, 1.82) is 0 Å². The summed E-state index contributed by atoms with van der Waals surface area (Å²) in [6.07, 6.45) is -2.68. The predicted octanol–water partition coefficient (Wildman–Crippen LogP) is 3.92. The van der Waals surface area contributed by atoms with Crippen LogP contribution in [0.4, 0.5) is 8.78 Å². The second-order valence-corrected chi connectivity index (χ2v) is 4.22. The van der Waals surface area contributed by atoms with Crippen LogP contribution in [0.15, 0.2) is 15.1 Å². The van der Waals surface area contributed by atoms with Crippen LogP contribution in [0.25, 0.3) is 0 Å². The molecule has 0 aliphatic carbocycles. The fourth-order valence-corrected chi connectivity index (χ4v) is 2.31. The van der Waals surface area contributed by atoms with Crippen molar-refractivity contribution in [2.24, 2.45) is 0 Å². The lowest BCUT2D eigenvalue weighted by atomic mass is 10.2. The summed E-state index contributed by atoms with van der Waals surface area (Å²) >= 11 is 10.9. The van der Waals surface area contributed by atoms with Crippen LogP contribution in [-0.2, 0) is 0 Å². The van der Waals surface area contributed by atoms with Crippen molar-refractivity contribution in [2.75, 3.05) is 0 Å². The van der Waals surface area contributed by atoms with E-state index in [0.29, 0.717) is 0 Å². The van der Waals surface area contributed by atoms with Gasteiger partial charge in [-0.2, -0.15) is 0 Å². The summed E-state index contributed by atoms with van der Waals surface area (Å²) in [5.41, 5.74) is -0.388. The Balaban J connectivity index is 3.32. The van der Waals surface area contributed by atoms with Gasteiger partial charge in [0, 0.05) is 4.47 Å². The summed E-state index contributed by atoms with van der Waals surface area (Å²) < 4.78 is 24.8. The Morgan fingerprint density at radius 1 is 1.50 bits per heavy atom. The number of aromatic nitrogens is 1. The third-order valence-electron chi connectivity index (χ3n) is 1.38. The normalized spacial score (nSPS) is 10.7. The molecular weight excluding hydrogens is 347 g/mol. The van der Waals surface area contributed by atoms with Crippen LogP contribution in [0.3, 0.4) is 0 Å². The van der Waals surface area contributed by atoms with Gasteiger partial charge in [-0.15, -0.1) is 0 Å². The third kappa shape index (κ3) is 2.49. The maximum Gasteiger partial charge on any atom is 0.270 e. The van der Waals surface area contributed by atoms with Crippen molar-refractivity contribution in [3.8, 4) is 0 Å². The highest BCUT2D eigenvalue weighted by Gasteiger charge is 2.19. The minimum atomic E-state index is -2.68. The number of carbonyl (C=O) groups excluding carboxylic acids is 1. The number of alkyl halides is 2. The van der Waals surface area contributed by atoms with E-state index in [1.165, 1.54) is 0 Å². The van der Waals surface area contributed by atoms with Crippen molar-refractivity contribution in [1.82, 2.24) is 4.98 Å². The van der Waals surface area contributed by atoms with Gasteiger partial charge in [-0.25, -0.2) is 13.8 Å². The van der Waals surface area contributed by atoms with Gasteiger partial charge in [0.25, 0.3) is 11.7 Å². The molecule has 0 aromatic carbocycles. The van der Waals surface area contributed by atoms with E-state index in [-0.39, 0.29) is 20.3 Å². The summed E-state index contributed by atoms with van der Waals surface area (Å²) in [6.45, 7) is 0. The molecule has 1 heterocycles. The van der Waals surface area contributed by atoms with E-state index >= 15 is 0 Å². The molecule has 0 bridgehead atoms. The second kappa shape index (κ2) is 4.63. The quantitative estimate of drug-likeness (QED) is 0.598. The van der Waals surface area contributed by atoms with Crippen LogP contribution in [0.2, 0.25) is 0 Å². The van der Waals surface area contributed by atoms with E-state index in [9.17, 15) is 13.6 Å². The standard InChI is InChI=1S/C7H2Br2ClF2NO/c8-2-1-3(6(10)14)13-5(9)4(2)7(11)12/h1,7H. The zero-order chi connectivity index (χ0) is 10.9. The largest absolute Gasteiger partial charge is 0.274 e. The van der Waals surface area contributed by atoms with Crippen LogP contribution in [-0.4, -0.2) is 10.2 Å². The van der Waals surface area contributed by atoms with Crippen LogP contribution in [0.1, 0.15) is 22.5 Å². The molecular formula is C7H2Br2ClF2NO. The smallest absolute Gasteiger partial charge is 0.270 e. The zero-order valence-electron chi connectivity index (χ0n) is 6.40. The SMILES string of the molecule is O=C(Cl)c1cc(Br)c(C(F)F)c(Br)n1.